The normalized spacial score (nSPS) is 12.5. The van der Waals surface area contributed by atoms with Gasteiger partial charge in [0.05, 0.1) is 35.1 Å². The van der Waals surface area contributed by atoms with Crippen LogP contribution < -0.4 is 15.5 Å². The highest BCUT2D eigenvalue weighted by molar-refractivity contribution is 7.89. The maximum absolute atomic E-state index is 13.5. The van der Waals surface area contributed by atoms with Crippen molar-refractivity contribution < 1.29 is 17.6 Å². The van der Waals surface area contributed by atoms with E-state index in [4.69, 9.17) is 16.0 Å². The maximum Gasteiger partial charge on any atom is 0.285 e. The molecule has 0 aliphatic carbocycles. The third-order valence-corrected chi connectivity index (χ3v) is 6.88. The van der Waals surface area contributed by atoms with Crippen molar-refractivity contribution in [2.75, 3.05) is 11.6 Å². The number of nitrogens with zero attached hydrogens (tertiary/aromatic N) is 4. The fourth-order valence-electron chi connectivity index (χ4n) is 4.39. The summed E-state index contributed by atoms with van der Waals surface area (Å²) in [5, 5.41) is 7.92. The van der Waals surface area contributed by atoms with E-state index >= 15 is 0 Å². The Balaban J connectivity index is 1.64. The summed E-state index contributed by atoms with van der Waals surface area (Å²) >= 11 is 5.99. The third kappa shape index (κ3) is 5.08. The predicted molar refractivity (Wildman–Crippen MR) is 148 cm³/mol. The van der Waals surface area contributed by atoms with Gasteiger partial charge in [-0.25, -0.2) is 27.6 Å². The Morgan fingerprint density at radius 1 is 1.21 bits per heavy atom. The number of carbonyl (C=O) groups is 1. The molecule has 0 spiro atoms. The first kappa shape index (κ1) is 26.3. The summed E-state index contributed by atoms with van der Waals surface area (Å²) in [5.74, 6) is -0.589. The molecule has 200 valence electrons. The van der Waals surface area contributed by atoms with Crippen LogP contribution in [0.4, 0.5) is 5.69 Å². The van der Waals surface area contributed by atoms with E-state index in [2.05, 4.69) is 20.4 Å². The molecule has 13 heteroatoms. The second-order valence-electron chi connectivity index (χ2n) is 9.16. The summed E-state index contributed by atoms with van der Waals surface area (Å²) in [4.78, 5) is 34.6. The Labute approximate surface area is 227 Å². The number of aromatic nitrogens is 4. The van der Waals surface area contributed by atoms with Crippen molar-refractivity contribution in [1.29, 1.82) is 0 Å². The molecule has 0 bridgehead atoms. The molecule has 2 N–H and O–H groups in total. The van der Waals surface area contributed by atoms with E-state index in [9.17, 15) is 18.0 Å². The second-order valence-corrected chi connectivity index (χ2v) is 11.3. The van der Waals surface area contributed by atoms with Crippen LogP contribution in [-0.2, 0) is 10.0 Å². The van der Waals surface area contributed by atoms with Crippen LogP contribution in [-0.4, -0.2) is 40.2 Å². The van der Waals surface area contributed by atoms with Gasteiger partial charge in [-0.05, 0) is 50.6 Å². The number of fused-ring (bicyclic) bond motifs is 2. The Morgan fingerprint density at radius 3 is 2.72 bits per heavy atom. The van der Waals surface area contributed by atoms with E-state index < -0.39 is 22.0 Å². The molecule has 1 unspecified atom stereocenters. The van der Waals surface area contributed by atoms with Gasteiger partial charge >= 0.3 is 0 Å². The molecular weight excluding hydrogens is 544 g/mol. The smallest absolute Gasteiger partial charge is 0.285 e. The van der Waals surface area contributed by atoms with Gasteiger partial charge in [0.1, 0.15) is 16.5 Å². The zero-order chi connectivity index (χ0) is 28.1. The number of amides is 1. The molecule has 0 fully saturated rings. The largest absolute Gasteiger partial charge is 0.455 e. The first-order chi connectivity index (χ1) is 18.4. The minimum atomic E-state index is -3.84. The van der Waals surface area contributed by atoms with Crippen molar-refractivity contribution in [3.63, 3.8) is 0 Å². The molecule has 11 nitrogen and oxygen atoms in total. The molecule has 0 aliphatic heterocycles. The summed E-state index contributed by atoms with van der Waals surface area (Å²) < 4.78 is 33.2. The summed E-state index contributed by atoms with van der Waals surface area (Å²) in [5.41, 5.74) is 3.19. The summed E-state index contributed by atoms with van der Waals surface area (Å²) in [6, 6.07) is 7.87. The molecule has 0 saturated carbocycles. The third-order valence-electron chi connectivity index (χ3n) is 6.11. The SMILES string of the molecule is Cc1cc(C(C)Nc2ccc(Cl)nc2C(=O)NS(C)(=O)=O)c2oc(-c3cnn4cccnc34)c(C)c(=O)c2c1. The van der Waals surface area contributed by atoms with Crippen molar-refractivity contribution in [3.8, 4) is 11.3 Å². The van der Waals surface area contributed by atoms with Crippen molar-refractivity contribution in [3.05, 3.63) is 86.7 Å². The van der Waals surface area contributed by atoms with Crippen molar-refractivity contribution in [2.24, 2.45) is 0 Å². The van der Waals surface area contributed by atoms with Gasteiger partial charge in [0.15, 0.2) is 16.8 Å². The molecule has 5 aromatic rings. The highest BCUT2D eigenvalue weighted by Crippen LogP contribution is 2.33. The van der Waals surface area contributed by atoms with Gasteiger partial charge in [-0.3, -0.25) is 9.59 Å². The number of benzene rings is 1. The van der Waals surface area contributed by atoms with Gasteiger partial charge in [0.2, 0.25) is 10.0 Å². The van der Waals surface area contributed by atoms with Gasteiger partial charge in [-0.15, -0.1) is 0 Å². The zero-order valence-electron chi connectivity index (χ0n) is 21.3. The standard InChI is InChI=1S/C26H23ClN6O5S/c1-13-10-16(15(3)30-19-6-7-20(27)31-21(19)26(35)32-39(4,36)37)24-17(11-13)22(34)14(2)23(38-24)18-12-29-33-9-5-8-28-25(18)33/h5-12,15,30H,1-4H3,(H,32,35). The Kier molecular flexibility index (Phi) is 6.60. The lowest BCUT2D eigenvalue weighted by atomic mass is 9.99. The number of hydrogen-bond donors (Lipinski definition) is 2. The highest BCUT2D eigenvalue weighted by atomic mass is 35.5. The van der Waals surface area contributed by atoms with Gasteiger partial charge in [0, 0.05) is 23.5 Å². The van der Waals surface area contributed by atoms with Crippen LogP contribution in [0.1, 0.15) is 40.1 Å². The molecule has 1 amide bonds. The molecule has 4 heterocycles. The van der Waals surface area contributed by atoms with Crippen LogP contribution in [0.3, 0.4) is 0 Å². The van der Waals surface area contributed by atoms with Crippen LogP contribution >= 0.6 is 11.6 Å². The summed E-state index contributed by atoms with van der Waals surface area (Å²) in [6.07, 6.45) is 5.85. The number of hydrogen-bond acceptors (Lipinski definition) is 9. The van der Waals surface area contributed by atoms with Gasteiger partial charge in [-0.1, -0.05) is 17.7 Å². The number of halogens is 1. The lowest BCUT2D eigenvalue weighted by molar-refractivity contribution is 0.0977. The number of rotatable bonds is 6. The Hall–Kier alpha value is -4.29. The van der Waals surface area contributed by atoms with E-state index in [0.717, 1.165) is 11.8 Å². The average molecular weight is 567 g/mol. The van der Waals surface area contributed by atoms with Crippen molar-refractivity contribution in [2.45, 2.75) is 26.8 Å². The number of nitrogens with one attached hydrogen (secondary N) is 2. The first-order valence-electron chi connectivity index (χ1n) is 11.7. The number of anilines is 1. The molecular formula is C26H23ClN6O5S. The topological polar surface area (TPSA) is 149 Å². The number of carbonyl (C=O) groups excluding carboxylic acids is 1. The molecule has 4 aromatic heterocycles. The van der Waals surface area contributed by atoms with E-state index in [1.165, 1.54) is 12.1 Å². The lowest BCUT2D eigenvalue weighted by Crippen LogP contribution is -2.31. The van der Waals surface area contributed by atoms with Crippen molar-refractivity contribution >= 4 is 49.8 Å². The first-order valence-corrected chi connectivity index (χ1v) is 14.0. The predicted octanol–water partition coefficient (Wildman–Crippen LogP) is 4.03. The van der Waals surface area contributed by atoms with E-state index in [1.54, 1.807) is 42.2 Å². The quantitative estimate of drug-likeness (QED) is 0.290. The van der Waals surface area contributed by atoms with E-state index in [-0.39, 0.29) is 22.0 Å². The van der Waals surface area contributed by atoms with Crippen LogP contribution in [0.25, 0.3) is 27.9 Å². The summed E-state index contributed by atoms with van der Waals surface area (Å²) in [7, 11) is -3.84. The van der Waals surface area contributed by atoms with Crippen LogP contribution in [0.5, 0.6) is 0 Å². The maximum atomic E-state index is 13.5. The number of sulfonamides is 1. The molecule has 0 aliphatic rings. The summed E-state index contributed by atoms with van der Waals surface area (Å²) in [6.45, 7) is 5.38. The molecule has 1 aromatic carbocycles. The molecule has 5 rings (SSSR count). The Morgan fingerprint density at radius 2 is 1.97 bits per heavy atom. The fraction of sp³-hybridized carbons (Fsp3) is 0.192. The van der Waals surface area contributed by atoms with Gasteiger partial charge in [0.25, 0.3) is 5.91 Å². The molecule has 39 heavy (non-hydrogen) atoms. The fourth-order valence-corrected chi connectivity index (χ4v) is 4.97. The monoisotopic (exact) mass is 566 g/mol. The molecule has 0 radical (unpaired) electrons. The van der Waals surface area contributed by atoms with Crippen LogP contribution in [0, 0.1) is 13.8 Å². The van der Waals surface area contributed by atoms with Crippen LogP contribution in [0.2, 0.25) is 5.15 Å². The minimum absolute atomic E-state index is 0.0148. The minimum Gasteiger partial charge on any atom is -0.455 e. The number of aryl methyl sites for hydroxylation is 1. The highest BCUT2D eigenvalue weighted by Gasteiger charge is 2.23. The lowest BCUT2D eigenvalue weighted by Gasteiger charge is -2.20. The van der Waals surface area contributed by atoms with Crippen molar-refractivity contribution in [1.82, 2.24) is 24.3 Å². The van der Waals surface area contributed by atoms with Gasteiger partial charge in [-0.2, -0.15) is 5.10 Å². The number of pyridine rings is 1. The van der Waals surface area contributed by atoms with E-state index in [1.807, 2.05) is 24.6 Å². The zero-order valence-corrected chi connectivity index (χ0v) is 22.9. The second kappa shape index (κ2) is 9.79. The molecule has 0 saturated heterocycles. The molecule has 1 atom stereocenters. The van der Waals surface area contributed by atoms with Gasteiger partial charge < -0.3 is 9.73 Å². The van der Waals surface area contributed by atoms with E-state index in [0.29, 0.717) is 39.1 Å². The van der Waals surface area contributed by atoms with Crippen LogP contribution in [0.15, 0.2) is 58.1 Å². The average Bonchev–Trinajstić information content (AvgIpc) is 3.30. The Bertz CT molecular complexity index is 1950.